The van der Waals surface area contributed by atoms with E-state index in [1.165, 1.54) is 0 Å². The Bertz CT molecular complexity index is 592. The molecule has 1 atom stereocenters. The van der Waals surface area contributed by atoms with Crippen molar-refractivity contribution in [2.75, 3.05) is 0 Å². The molecule has 0 spiro atoms. The van der Waals surface area contributed by atoms with Gasteiger partial charge in [-0.2, -0.15) is 0 Å². The highest BCUT2D eigenvalue weighted by Crippen LogP contribution is 2.21. The number of nitrogens with one attached hydrogen (secondary N) is 2. The van der Waals surface area contributed by atoms with Crippen LogP contribution in [0.2, 0.25) is 0 Å². The van der Waals surface area contributed by atoms with Crippen molar-refractivity contribution in [1.82, 2.24) is 15.6 Å². The highest BCUT2D eigenvalue weighted by atomic mass is 16.2. The lowest BCUT2D eigenvalue weighted by atomic mass is 10.0. The highest BCUT2D eigenvalue weighted by Gasteiger charge is 2.19. The van der Waals surface area contributed by atoms with Crippen LogP contribution in [0.4, 0.5) is 4.79 Å². The molecule has 0 fully saturated rings. The molecule has 2 aromatic rings. The van der Waals surface area contributed by atoms with Crippen molar-refractivity contribution in [3.63, 3.8) is 0 Å². The Morgan fingerprint density at radius 2 is 1.77 bits per heavy atom. The quantitative estimate of drug-likeness (QED) is 0.851. The first-order chi connectivity index (χ1) is 10.8. The number of urea groups is 1. The predicted octanol–water partition coefficient (Wildman–Crippen LogP) is 3.19. The van der Waals surface area contributed by atoms with Crippen LogP contribution in [0.15, 0.2) is 67.0 Å². The summed E-state index contributed by atoms with van der Waals surface area (Å²) in [5.74, 6) is 0. The van der Waals surface area contributed by atoms with Crippen molar-refractivity contribution in [3.05, 3.63) is 78.1 Å². The van der Waals surface area contributed by atoms with Gasteiger partial charge >= 0.3 is 6.03 Å². The fourth-order valence-corrected chi connectivity index (χ4v) is 2.64. The Morgan fingerprint density at radius 1 is 1.05 bits per heavy atom. The zero-order valence-electron chi connectivity index (χ0n) is 12.3. The molecule has 0 saturated carbocycles. The number of hydrogen-bond donors (Lipinski definition) is 2. The lowest BCUT2D eigenvalue weighted by molar-refractivity contribution is 0.235. The summed E-state index contributed by atoms with van der Waals surface area (Å²) in [5, 5.41) is 6.07. The van der Waals surface area contributed by atoms with Gasteiger partial charge in [-0.1, -0.05) is 48.6 Å². The van der Waals surface area contributed by atoms with E-state index in [1.807, 2.05) is 42.5 Å². The zero-order valence-corrected chi connectivity index (χ0v) is 12.3. The van der Waals surface area contributed by atoms with Crippen LogP contribution in [0.5, 0.6) is 0 Å². The van der Waals surface area contributed by atoms with E-state index >= 15 is 0 Å². The van der Waals surface area contributed by atoms with E-state index in [1.54, 1.807) is 12.4 Å². The summed E-state index contributed by atoms with van der Waals surface area (Å²) < 4.78 is 0. The topological polar surface area (TPSA) is 54.0 Å². The second kappa shape index (κ2) is 6.89. The molecule has 2 N–H and O–H groups in total. The van der Waals surface area contributed by atoms with Gasteiger partial charge < -0.3 is 10.6 Å². The van der Waals surface area contributed by atoms with E-state index in [2.05, 4.69) is 27.8 Å². The summed E-state index contributed by atoms with van der Waals surface area (Å²) in [5.41, 5.74) is 2.00. The Kier molecular flexibility index (Phi) is 4.49. The van der Waals surface area contributed by atoms with Gasteiger partial charge in [-0.05, 0) is 30.0 Å². The van der Waals surface area contributed by atoms with Crippen molar-refractivity contribution >= 4 is 6.03 Å². The van der Waals surface area contributed by atoms with Gasteiger partial charge in [-0.3, -0.25) is 4.98 Å². The Labute approximate surface area is 130 Å². The minimum atomic E-state index is -0.204. The molecule has 0 radical (unpaired) electrons. The average molecular weight is 293 g/mol. The van der Waals surface area contributed by atoms with Gasteiger partial charge in [0.1, 0.15) is 0 Å². The fraction of sp³-hybridized carbons (Fsp3) is 0.222. The number of carbonyl (C=O) groups is 1. The van der Waals surface area contributed by atoms with Crippen molar-refractivity contribution in [1.29, 1.82) is 0 Å². The van der Waals surface area contributed by atoms with Gasteiger partial charge in [0.25, 0.3) is 0 Å². The van der Waals surface area contributed by atoms with Crippen molar-refractivity contribution in [3.8, 4) is 0 Å². The van der Waals surface area contributed by atoms with E-state index in [0.717, 1.165) is 24.0 Å². The summed E-state index contributed by atoms with van der Waals surface area (Å²) in [6.45, 7) is 0. The van der Waals surface area contributed by atoms with Gasteiger partial charge in [0.05, 0.1) is 6.04 Å². The third kappa shape index (κ3) is 3.52. The number of nitrogens with zero attached hydrogens (tertiary/aromatic N) is 1. The maximum absolute atomic E-state index is 12.3. The first-order valence-corrected chi connectivity index (χ1v) is 7.50. The molecule has 1 aliphatic rings. The monoisotopic (exact) mass is 293 g/mol. The number of hydrogen-bond acceptors (Lipinski definition) is 2. The van der Waals surface area contributed by atoms with E-state index in [4.69, 9.17) is 0 Å². The summed E-state index contributed by atoms with van der Waals surface area (Å²) in [7, 11) is 0. The van der Waals surface area contributed by atoms with Crippen LogP contribution in [-0.4, -0.2) is 17.1 Å². The van der Waals surface area contributed by atoms with E-state index in [9.17, 15) is 4.79 Å². The normalized spacial score (nSPS) is 15.5. The molecule has 4 heteroatoms. The molecule has 3 rings (SSSR count). The van der Waals surface area contributed by atoms with Crippen LogP contribution in [0.1, 0.15) is 30.0 Å². The third-order valence-corrected chi connectivity index (χ3v) is 3.77. The van der Waals surface area contributed by atoms with E-state index in [-0.39, 0.29) is 18.1 Å². The van der Waals surface area contributed by atoms with Crippen LogP contribution >= 0.6 is 0 Å². The van der Waals surface area contributed by atoms with Crippen LogP contribution in [-0.2, 0) is 0 Å². The fourth-order valence-electron chi connectivity index (χ4n) is 2.64. The molecular weight excluding hydrogens is 274 g/mol. The number of carbonyl (C=O) groups excluding carboxylic acids is 1. The van der Waals surface area contributed by atoms with Crippen molar-refractivity contribution in [2.24, 2.45) is 0 Å². The number of rotatable bonds is 4. The highest BCUT2D eigenvalue weighted by molar-refractivity contribution is 5.75. The molecule has 1 unspecified atom stereocenters. The molecule has 1 aromatic heterocycles. The molecule has 112 valence electrons. The Morgan fingerprint density at radius 3 is 2.45 bits per heavy atom. The average Bonchev–Trinajstić information content (AvgIpc) is 3.07. The van der Waals surface area contributed by atoms with Gasteiger partial charge in [0.2, 0.25) is 0 Å². The molecule has 0 bridgehead atoms. The van der Waals surface area contributed by atoms with Crippen molar-refractivity contribution in [2.45, 2.75) is 24.9 Å². The first-order valence-electron chi connectivity index (χ1n) is 7.50. The minimum absolute atomic E-state index is 0.147. The molecule has 22 heavy (non-hydrogen) atoms. The summed E-state index contributed by atoms with van der Waals surface area (Å²) in [6, 6.07) is 13.6. The molecule has 0 aliphatic heterocycles. The first kappa shape index (κ1) is 14.3. The van der Waals surface area contributed by atoms with Crippen LogP contribution in [0, 0.1) is 0 Å². The molecule has 0 saturated heterocycles. The number of amides is 2. The van der Waals surface area contributed by atoms with Gasteiger partial charge in [-0.15, -0.1) is 0 Å². The number of aromatic nitrogens is 1. The second-order valence-electron chi connectivity index (χ2n) is 5.39. The Balaban J connectivity index is 1.75. The third-order valence-electron chi connectivity index (χ3n) is 3.77. The zero-order chi connectivity index (χ0) is 15.2. The van der Waals surface area contributed by atoms with E-state index < -0.39 is 0 Å². The molecule has 1 heterocycles. The molecule has 1 aliphatic carbocycles. The molecule has 1 aromatic carbocycles. The predicted molar refractivity (Wildman–Crippen MR) is 86.4 cm³/mol. The molecular formula is C18H19N3O. The van der Waals surface area contributed by atoms with Gasteiger partial charge in [0, 0.05) is 18.4 Å². The van der Waals surface area contributed by atoms with Gasteiger partial charge in [-0.25, -0.2) is 4.79 Å². The summed E-state index contributed by atoms with van der Waals surface area (Å²) >= 11 is 0. The SMILES string of the molecule is O=C(NC1CC=CC1)NC(c1ccccc1)c1cccnc1. The minimum Gasteiger partial charge on any atom is -0.335 e. The number of benzene rings is 1. The van der Waals surface area contributed by atoms with Gasteiger partial charge in [0.15, 0.2) is 0 Å². The molecule has 4 nitrogen and oxygen atoms in total. The Hall–Kier alpha value is -2.62. The van der Waals surface area contributed by atoms with Crippen LogP contribution in [0.25, 0.3) is 0 Å². The van der Waals surface area contributed by atoms with E-state index in [0.29, 0.717) is 0 Å². The van der Waals surface area contributed by atoms with Crippen LogP contribution in [0.3, 0.4) is 0 Å². The standard InChI is InChI=1S/C18H19N3O/c22-18(20-16-10-4-5-11-16)21-17(14-7-2-1-3-8-14)15-9-6-12-19-13-15/h1-9,12-13,16-17H,10-11H2,(H2,20,21,22). The largest absolute Gasteiger partial charge is 0.335 e. The lowest BCUT2D eigenvalue weighted by Crippen LogP contribution is -2.42. The lowest BCUT2D eigenvalue weighted by Gasteiger charge is -2.21. The maximum Gasteiger partial charge on any atom is 0.315 e. The number of pyridine rings is 1. The summed E-state index contributed by atoms with van der Waals surface area (Å²) in [6.07, 6.45) is 9.51. The van der Waals surface area contributed by atoms with Crippen LogP contribution < -0.4 is 10.6 Å². The van der Waals surface area contributed by atoms with Crippen molar-refractivity contribution < 1.29 is 4.79 Å². The summed E-state index contributed by atoms with van der Waals surface area (Å²) in [4.78, 5) is 16.4. The smallest absolute Gasteiger partial charge is 0.315 e. The second-order valence-corrected chi connectivity index (χ2v) is 5.39. The molecule has 2 amide bonds. The maximum atomic E-state index is 12.3.